The molecule has 3 heterocycles. The Morgan fingerprint density at radius 1 is 1.30 bits per heavy atom. The number of aromatic nitrogens is 3. The molecule has 0 atom stereocenters. The van der Waals surface area contributed by atoms with Gasteiger partial charge in [0, 0.05) is 35.3 Å². The van der Waals surface area contributed by atoms with Gasteiger partial charge in [-0.25, -0.2) is 14.4 Å². The minimum atomic E-state index is -0.365. The van der Waals surface area contributed by atoms with Crippen LogP contribution in [0.4, 0.5) is 4.39 Å². The van der Waals surface area contributed by atoms with Crippen molar-refractivity contribution in [3.8, 4) is 16.3 Å². The van der Waals surface area contributed by atoms with Gasteiger partial charge < -0.3 is 9.88 Å². The molecule has 3 aromatic heterocycles. The second-order valence-corrected chi connectivity index (χ2v) is 7.50. The molecule has 27 heavy (non-hydrogen) atoms. The van der Waals surface area contributed by atoms with Gasteiger partial charge in [-0.15, -0.1) is 11.3 Å². The summed E-state index contributed by atoms with van der Waals surface area (Å²) in [4.78, 5) is 20.8. The molecule has 5 nitrogen and oxygen atoms in total. The van der Waals surface area contributed by atoms with Crippen LogP contribution in [0.25, 0.3) is 16.3 Å². The number of nitrogens with zero attached hydrogens (tertiary/aromatic N) is 3. The van der Waals surface area contributed by atoms with Crippen molar-refractivity contribution in [2.45, 2.75) is 13.5 Å². The largest absolute Gasteiger partial charge is 0.347 e. The van der Waals surface area contributed by atoms with Gasteiger partial charge in [0.2, 0.25) is 0 Å². The monoisotopic (exact) mass is 398 g/mol. The molecule has 0 unspecified atom stereocenters. The molecule has 136 valence electrons. The normalized spacial score (nSPS) is 10.9. The van der Waals surface area contributed by atoms with E-state index in [4.69, 9.17) is 0 Å². The Bertz CT molecular complexity index is 1090. The number of hydrogen-bond donors (Lipinski definition) is 1. The van der Waals surface area contributed by atoms with Crippen LogP contribution in [-0.4, -0.2) is 20.4 Å². The number of imidazole rings is 1. The van der Waals surface area contributed by atoms with Crippen molar-refractivity contribution in [2.24, 2.45) is 0 Å². The highest BCUT2D eigenvalue weighted by atomic mass is 32.1. The fourth-order valence-electron chi connectivity index (χ4n) is 2.66. The van der Waals surface area contributed by atoms with E-state index in [0.29, 0.717) is 22.8 Å². The van der Waals surface area contributed by atoms with Crippen molar-refractivity contribution in [1.29, 1.82) is 0 Å². The van der Waals surface area contributed by atoms with Crippen molar-refractivity contribution >= 4 is 28.6 Å². The molecular formula is C19H15FN4OS2. The zero-order valence-corrected chi connectivity index (χ0v) is 16.0. The van der Waals surface area contributed by atoms with E-state index in [-0.39, 0.29) is 18.3 Å². The first kappa shape index (κ1) is 17.6. The summed E-state index contributed by atoms with van der Waals surface area (Å²) < 4.78 is 16.1. The first-order valence-corrected chi connectivity index (χ1v) is 9.99. The smallest absolute Gasteiger partial charge is 0.271 e. The Morgan fingerprint density at radius 3 is 2.89 bits per heavy atom. The van der Waals surface area contributed by atoms with Gasteiger partial charge >= 0.3 is 0 Å². The highest BCUT2D eigenvalue weighted by Crippen LogP contribution is 2.25. The average Bonchev–Trinajstić information content (AvgIpc) is 3.41. The maximum absolute atomic E-state index is 14.4. The van der Waals surface area contributed by atoms with Crippen LogP contribution >= 0.6 is 22.7 Å². The van der Waals surface area contributed by atoms with Crippen LogP contribution in [0.2, 0.25) is 0 Å². The van der Waals surface area contributed by atoms with E-state index < -0.39 is 0 Å². The molecule has 8 heteroatoms. The summed E-state index contributed by atoms with van der Waals surface area (Å²) in [5, 5.41) is 9.30. The number of hydrogen-bond acceptors (Lipinski definition) is 5. The number of halogens is 1. The highest BCUT2D eigenvalue weighted by Gasteiger charge is 2.13. The molecule has 0 saturated heterocycles. The van der Waals surface area contributed by atoms with Crippen LogP contribution in [0.3, 0.4) is 0 Å². The summed E-state index contributed by atoms with van der Waals surface area (Å²) in [5.41, 5.74) is 2.49. The van der Waals surface area contributed by atoms with Gasteiger partial charge in [0.1, 0.15) is 22.3 Å². The summed E-state index contributed by atoms with van der Waals surface area (Å²) >= 11 is 3.01. The van der Waals surface area contributed by atoms with E-state index in [2.05, 4.69) is 15.3 Å². The Hall–Kier alpha value is -2.84. The van der Waals surface area contributed by atoms with Crippen molar-refractivity contribution in [2.75, 3.05) is 0 Å². The molecule has 0 aliphatic rings. The van der Waals surface area contributed by atoms with Crippen LogP contribution in [0.15, 0.2) is 52.8 Å². The van der Waals surface area contributed by atoms with Gasteiger partial charge in [0.25, 0.3) is 5.91 Å². The topological polar surface area (TPSA) is 59.8 Å². The van der Waals surface area contributed by atoms with Gasteiger partial charge in [0.15, 0.2) is 0 Å². The predicted molar refractivity (Wildman–Crippen MR) is 105 cm³/mol. The molecule has 4 rings (SSSR count). The van der Waals surface area contributed by atoms with Crippen LogP contribution in [0, 0.1) is 12.7 Å². The van der Waals surface area contributed by atoms with E-state index in [9.17, 15) is 9.18 Å². The molecule has 0 bridgehead atoms. The average molecular weight is 398 g/mol. The number of benzene rings is 1. The number of thiophene rings is 1. The summed E-state index contributed by atoms with van der Waals surface area (Å²) in [5.74, 6) is 0.0684. The summed E-state index contributed by atoms with van der Waals surface area (Å²) in [6, 6.07) is 6.86. The molecule has 0 spiro atoms. The molecule has 1 N–H and O–H groups in total. The first-order valence-electron chi connectivity index (χ1n) is 8.17. The number of thiazole rings is 1. The Balaban J connectivity index is 1.43. The lowest BCUT2D eigenvalue weighted by Gasteiger charge is -2.09. The highest BCUT2D eigenvalue weighted by molar-refractivity contribution is 7.14. The molecule has 1 aromatic carbocycles. The van der Waals surface area contributed by atoms with E-state index in [1.807, 2.05) is 23.8 Å². The minimum absolute atomic E-state index is 0.226. The van der Waals surface area contributed by atoms with Gasteiger partial charge in [-0.1, -0.05) is 6.07 Å². The van der Waals surface area contributed by atoms with Crippen LogP contribution < -0.4 is 5.32 Å². The second kappa shape index (κ2) is 7.42. The van der Waals surface area contributed by atoms with Gasteiger partial charge in [0.05, 0.1) is 5.69 Å². The number of carbonyl (C=O) groups excluding carboxylic acids is 1. The van der Waals surface area contributed by atoms with Gasteiger partial charge in [-0.3, -0.25) is 4.79 Å². The van der Waals surface area contributed by atoms with E-state index >= 15 is 0 Å². The quantitative estimate of drug-likeness (QED) is 0.541. The molecule has 0 radical (unpaired) electrons. The lowest BCUT2D eigenvalue weighted by atomic mass is 10.2. The number of rotatable bonds is 5. The third-order valence-corrected chi connectivity index (χ3v) is 5.63. The molecule has 4 aromatic rings. The predicted octanol–water partition coefficient (Wildman–Crippen LogP) is 4.43. The fourth-order valence-corrected chi connectivity index (χ4v) is 4.17. The number of amides is 1. The zero-order chi connectivity index (χ0) is 18.8. The number of aryl methyl sites for hydroxylation is 1. The zero-order valence-electron chi connectivity index (χ0n) is 14.3. The lowest BCUT2D eigenvalue weighted by molar-refractivity contribution is 0.0946. The van der Waals surface area contributed by atoms with E-state index in [0.717, 1.165) is 10.6 Å². The summed E-state index contributed by atoms with van der Waals surface area (Å²) in [6.45, 7) is 2.04. The van der Waals surface area contributed by atoms with Crippen molar-refractivity contribution in [3.05, 3.63) is 75.7 Å². The first-order chi connectivity index (χ1) is 13.1. The molecule has 0 saturated carbocycles. The second-order valence-electron chi connectivity index (χ2n) is 5.86. The lowest BCUT2D eigenvalue weighted by Crippen LogP contribution is -2.23. The third kappa shape index (κ3) is 3.67. The number of nitrogens with one attached hydrogen (secondary N) is 1. The van der Waals surface area contributed by atoms with Crippen LogP contribution in [-0.2, 0) is 6.54 Å². The minimum Gasteiger partial charge on any atom is -0.347 e. The standard InChI is InChI=1S/C19H15FN4OS2/c1-12-21-5-6-24(12)17-3-2-13(8-15(17)20)9-22-18(25)16-11-27-19(23-16)14-4-7-26-10-14/h2-8,10-11H,9H2,1H3,(H,22,25). The maximum Gasteiger partial charge on any atom is 0.271 e. The summed E-state index contributed by atoms with van der Waals surface area (Å²) in [6.07, 6.45) is 3.34. The fraction of sp³-hybridized carbons (Fsp3) is 0.105. The molecule has 0 aliphatic heterocycles. The van der Waals surface area contributed by atoms with Crippen molar-refractivity contribution in [1.82, 2.24) is 19.9 Å². The summed E-state index contributed by atoms with van der Waals surface area (Å²) in [7, 11) is 0. The molecule has 0 aliphatic carbocycles. The van der Waals surface area contributed by atoms with E-state index in [1.165, 1.54) is 17.4 Å². The SMILES string of the molecule is Cc1nccn1-c1ccc(CNC(=O)c2csc(-c3ccsc3)n2)cc1F. The van der Waals surface area contributed by atoms with Crippen LogP contribution in [0.5, 0.6) is 0 Å². The Labute approximate surface area is 163 Å². The maximum atomic E-state index is 14.4. The van der Waals surface area contributed by atoms with Crippen LogP contribution in [0.1, 0.15) is 21.9 Å². The van der Waals surface area contributed by atoms with Gasteiger partial charge in [-0.2, -0.15) is 11.3 Å². The Kier molecular flexibility index (Phi) is 4.83. The van der Waals surface area contributed by atoms with Crippen molar-refractivity contribution < 1.29 is 9.18 Å². The van der Waals surface area contributed by atoms with Crippen molar-refractivity contribution in [3.63, 3.8) is 0 Å². The van der Waals surface area contributed by atoms with Gasteiger partial charge in [-0.05, 0) is 36.1 Å². The van der Waals surface area contributed by atoms with E-state index in [1.54, 1.807) is 45.8 Å². The third-order valence-electron chi connectivity index (χ3n) is 4.06. The molecule has 1 amide bonds. The molecular weight excluding hydrogens is 383 g/mol. The molecule has 0 fully saturated rings. The number of carbonyl (C=O) groups is 1. The Morgan fingerprint density at radius 2 is 2.19 bits per heavy atom.